The Morgan fingerprint density at radius 2 is 1.78 bits per heavy atom. The van der Waals surface area contributed by atoms with Crippen LogP contribution >= 0.6 is 0 Å². The number of hydrogen-bond acceptors (Lipinski definition) is 5. The zero-order valence-electron chi connectivity index (χ0n) is 18.8. The van der Waals surface area contributed by atoms with Crippen molar-refractivity contribution in [2.75, 3.05) is 26.2 Å². The molecule has 1 aromatic heterocycles. The van der Waals surface area contributed by atoms with Crippen molar-refractivity contribution in [2.45, 2.75) is 56.4 Å². The van der Waals surface area contributed by atoms with E-state index >= 15 is 0 Å². The van der Waals surface area contributed by atoms with Crippen LogP contribution in [0.2, 0.25) is 0 Å². The highest BCUT2D eigenvalue weighted by atomic mass is 16.2. The molecule has 3 unspecified atom stereocenters. The molecule has 0 bridgehead atoms. The molecule has 32 heavy (non-hydrogen) atoms. The summed E-state index contributed by atoms with van der Waals surface area (Å²) >= 11 is 0. The first kappa shape index (κ1) is 20.4. The number of aromatic nitrogens is 2. The molecular formula is C25H33N5O2. The average Bonchev–Trinajstić information content (AvgIpc) is 3.48. The van der Waals surface area contributed by atoms with Crippen molar-refractivity contribution in [2.24, 2.45) is 18.9 Å². The van der Waals surface area contributed by atoms with Crippen LogP contribution in [-0.2, 0) is 16.6 Å². The van der Waals surface area contributed by atoms with E-state index in [2.05, 4.69) is 33.7 Å². The lowest BCUT2D eigenvalue weighted by Crippen LogP contribution is -2.40. The predicted octanol–water partition coefficient (Wildman–Crippen LogP) is 2.27. The number of likely N-dealkylation sites (tertiary alicyclic amines) is 1. The maximum Gasteiger partial charge on any atom is 0.235 e. The number of piperidine rings is 2. The molecule has 0 spiro atoms. The Labute approximate surface area is 188 Å². The van der Waals surface area contributed by atoms with Crippen LogP contribution in [0.3, 0.4) is 0 Å². The van der Waals surface area contributed by atoms with Gasteiger partial charge < -0.3 is 10.2 Å². The third-order valence-corrected chi connectivity index (χ3v) is 8.62. The smallest absolute Gasteiger partial charge is 0.235 e. The quantitative estimate of drug-likeness (QED) is 0.723. The second-order valence-corrected chi connectivity index (χ2v) is 10.4. The van der Waals surface area contributed by atoms with Crippen molar-refractivity contribution in [3.8, 4) is 0 Å². The van der Waals surface area contributed by atoms with Gasteiger partial charge in [0.2, 0.25) is 11.8 Å². The molecule has 7 nitrogen and oxygen atoms in total. The molecular weight excluding hydrogens is 402 g/mol. The average molecular weight is 436 g/mol. The van der Waals surface area contributed by atoms with Gasteiger partial charge in [-0.25, -0.2) is 0 Å². The van der Waals surface area contributed by atoms with Crippen molar-refractivity contribution < 1.29 is 9.59 Å². The Morgan fingerprint density at radius 3 is 2.50 bits per heavy atom. The molecule has 4 aliphatic rings. The highest BCUT2D eigenvalue weighted by molar-refractivity contribution is 6.02. The zero-order valence-corrected chi connectivity index (χ0v) is 18.8. The normalized spacial score (nSPS) is 31.9. The molecule has 2 aromatic rings. The number of amides is 2. The highest BCUT2D eigenvalue weighted by Crippen LogP contribution is 2.40. The minimum Gasteiger partial charge on any atom is -0.316 e. The van der Waals surface area contributed by atoms with Gasteiger partial charge in [0.1, 0.15) is 0 Å². The summed E-state index contributed by atoms with van der Waals surface area (Å²) in [7, 11) is 1.95. The molecule has 3 aliphatic heterocycles. The van der Waals surface area contributed by atoms with Gasteiger partial charge >= 0.3 is 0 Å². The van der Waals surface area contributed by atoms with E-state index in [4.69, 9.17) is 5.10 Å². The summed E-state index contributed by atoms with van der Waals surface area (Å²) < 4.78 is 1.90. The fraction of sp³-hybridized carbons (Fsp3) is 0.640. The molecule has 3 atom stereocenters. The van der Waals surface area contributed by atoms with E-state index in [0.717, 1.165) is 34.5 Å². The second-order valence-electron chi connectivity index (χ2n) is 10.4. The summed E-state index contributed by atoms with van der Waals surface area (Å²) in [5, 5.41) is 11.8. The minimum absolute atomic E-state index is 0.183. The lowest BCUT2D eigenvalue weighted by molar-refractivity contribution is -0.134. The molecule has 0 radical (unpaired) electrons. The first-order valence-corrected chi connectivity index (χ1v) is 12.3. The van der Waals surface area contributed by atoms with Gasteiger partial charge in [-0.15, -0.1) is 0 Å². The van der Waals surface area contributed by atoms with E-state index < -0.39 is 0 Å². The number of fused-ring (bicyclic) bond motifs is 2. The van der Waals surface area contributed by atoms with Crippen LogP contribution < -0.4 is 10.6 Å². The molecule has 7 heteroatoms. The molecule has 4 heterocycles. The van der Waals surface area contributed by atoms with Crippen LogP contribution in [0.25, 0.3) is 10.9 Å². The summed E-state index contributed by atoms with van der Waals surface area (Å²) in [6.07, 6.45) is 6.11. The maximum atomic E-state index is 12.4. The fourth-order valence-corrected chi connectivity index (χ4v) is 6.80. The summed E-state index contributed by atoms with van der Waals surface area (Å²) in [5.41, 5.74) is 3.28. The number of carbonyl (C=O) groups excluding carboxylic acids is 2. The molecule has 3 saturated heterocycles. The predicted molar refractivity (Wildman–Crippen MR) is 122 cm³/mol. The van der Waals surface area contributed by atoms with Crippen LogP contribution in [0.4, 0.5) is 0 Å². The van der Waals surface area contributed by atoms with Crippen molar-refractivity contribution >= 4 is 22.7 Å². The number of hydrogen-bond donors (Lipinski definition) is 2. The van der Waals surface area contributed by atoms with Gasteiger partial charge in [-0.3, -0.25) is 19.6 Å². The number of carbonyl (C=O) groups is 2. The standard InChI is InChI=1S/C25H33N5O2/c1-29-22-12-16(2-3-20(22)24(28-29)21-4-5-23(31)27-25(21)32)15-6-8-30(9-7-15)19-10-17-13-26-14-18(17)11-19/h2-3,12,15,17-19,21,26H,4-11,13-14H2,1H3,(H,27,31,32). The summed E-state index contributed by atoms with van der Waals surface area (Å²) in [6, 6.07) is 7.46. The number of benzene rings is 1. The number of nitrogens with one attached hydrogen (secondary N) is 2. The zero-order chi connectivity index (χ0) is 21.8. The minimum atomic E-state index is -0.341. The molecule has 1 aromatic carbocycles. The van der Waals surface area contributed by atoms with Gasteiger partial charge in [0, 0.05) is 24.9 Å². The van der Waals surface area contributed by atoms with Crippen LogP contribution in [0.1, 0.15) is 61.6 Å². The highest BCUT2D eigenvalue weighted by Gasteiger charge is 2.40. The van der Waals surface area contributed by atoms with Crippen LogP contribution in [0.15, 0.2) is 18.2 Å². The van der Waals surface area contributed by atoms with Crippen LogP contribution in [-0.4, -0.2) is 58.7 Å². The topological polar surface area (TPSA) is 79.3 Å². The van der Waals surface area contributed by atoms with Gasteiger partial charge in [0.25, 0.3) is 0 Å². The van der Waals surface area contributed by atoms with E-state index in [1.807, 2.05) is 11.7 Å². The Bertz CT molecular complexity index is 1040. The third kappa shape index (κ3) is 3.46. The van der Waals surface area contributed by atoms with Gasteiger partial charge in [-0.05, 0) is 87.7 Å². The first-order valence-electron chi connectivity index (χ1n) is 12.3. The lowest BCUT2D eigenvalue weighted by atomic mass is 9.87. The summed E-state index contributed by atoms with van der Waals surface area (Å²) in [5.74, 6) is 1.66. The Hall–Kier alpha value is -2.25. The summed E-state index contributed by atoms with van der Waals surface area (Å²) in [6.45, 7) is 4.85. The van der Waals surface area contributed by atoms with Crippen molar-refractivity contribution in [1.82, 2.24) is 25.3 Å². The Morgan fingerprint density at radius 1 is 1.03 bits per heavy atom. The monoisotopic (exact) mass is 435 g/mol. The van der Waals surface area contributed by atoms with E-state index in [-0.39, 0.29) is 17.7 Å². The molecule has 2 amide bonds. The second kappa shape index (κ2) is 7.96. The summed E-state index contributed by atoms with van der Waals surface area (Å²) in [4.78, 5) is 26.7. The van der Waals surface area contributed by atoms with Gasteiger partial charge in [-0.1, -0.05) is 12.1 Å². The van der Waals surface area contributed by atoms with Gasteiger partial charge in [0.15, 0.2) is 0 Å². The van der Waals surface area contributed by atoms with Crippen LogP contribution in [0, 0.1) is 11.8 Å². The van der Waals surface area contributed by atoms with E-state index in [0.29, 0.717) is 18.8 Å². The molecule has 2 N–H and O–H groups in total. The van der Waals surface area contributed by atoms with Crippen LogP contribution in [0.5, 0.6) is 0 Å². The molecule has 170 valence electrons. The third-order valence-electron chi connectivity index (χ3n) is 8.62. The van der Waals surface area contributed by atoms with Crippen molar-refractivity contribution in [1.29, 1.82) is 0 Å². The largest absolute Gasteiger partial charge is 0.316 e. The van der Waals surface area contributed by atoms with E-state index in [9.17, 15) is 9.59 Å². The van der Waals surface area contributed by atoms with Gasteiger partial charge in [0.05, 0.1) is 17.1 Å². The fourth-order valence-electron chi connectivity index (χ4n) is 6.80. The maximum absolute atomic E-state index is 12.4. The van der Waals surface area contributed by atoms with E-state index in [1.165, 1.54) is 57.4 Å². The number of nitrogens with zero attached hydrogens (tertiary/aromatic N) is 3. The molecule has 1 saturated carbocycles. The molecule has 4 fully saturated rings. The Balaban J connectivity index is 1.16. The Kier molecular flexibility index (Phi) is 5.06. The number of rotatable bonds is 3. The SMILES string of the molecule is Cn1nc(C2CCC(=O)NC2=O)c2ccc(C3CCN(C4CC5CNCC5C4)CC3)cc21. The number of aryl methyl sites for hydroxylation is 1. The van der Waals surface area contributed by atoms with Gasteiger partial charge in [-0.2, -0.15) is 5.10 Å². The number of imide groups is 1. The molecule has 6 rings (SSSR count). The van der Waals surface area contributed by atoms with E-state index in [1.54, 1.807) is 0 Å². The molecule has 1 aliphatic carbocycles. The van der Waals surface area contributed by atoms with Crippen molar-refractivity contribution in [3.63, 3.8) is 0 Å². The lowest BCUT2D eigenvalue weighted by Gasteiger charge is -2.36. The first-order chi connectivity index (χ1) is 15.6. The van der Waals surface area contributed by atoms with Crippen molar-refractivity contribution in [3.05, 3.63) is 29.5 Å².